The van der Waals surface area contributed by atoms with Gasteiger partial charge in [0.15, 0.2) is 6.29 Å². The van der Waals surface area contributed by atoms with Crippen molar-refractivity contribution in [2.75, 3.05) is 13.2 Å². The fourth-order valence-corrected chi connectivity index (χ4v) is 3.61. The molecular weight excluding hydrogens is 316 g/mol. The highest BCUT2D eigenvalue weighted by Crippen LogP contribution is 2.31. The van der Waals surface area contributed by atoms with E-state index < -0.39 is 0 Å². The second-order valence-corrected chi connectivity index (χ2v) is 6.82. The third kappa shape index (κ3) is 3.23. The van der Waals surface area contributed by atoms with Crippen LogP contribution in [0, 0.1) is 13.8 Å². The van der Waals surface area contributed by atoms with Gasteiger partial charge in [0.05, 0.1) is 19.8 Å². The first-order valence-electron chi connectivity index (χ1n) is 8.78. The van der Waals surface area contributed by atoms with Crippen molar-refractivity contribution in [2.45, 2.75) is 45.1 Å². The van der Waals surface area contributed by atoms with Gasteiger partial charge in [-0.2, -0.15) is 0 Å². The van der Waals surface area contributed by atoms with Gasteiger partial charge < -0.3 is 18.9 Å². The van der Waals surface area contributed by atoms with Gasteiger partial charge in [0.25, 0.3) is 0 Å². The quantitative estimate of drug-likeness (QED) is 0.796. The molecule has 4 atom stereocenters. The summed E-state index contributed by atoms with van der Waals surface area (Å²) in [4.78, 5) is 0. The summed E-state index contributed by atoms with van der Waals surface area (Å²) in [6.45, 7) is 9.74. The molecule has 0 aromatic heterocycles. The summed E-state index contributed by atoms with van der Waals surface area (Å²) in [7, 11) is 0. The number of ether oxygens (including phenoxy) is 4. The minimum atomic E-state index is -0.359. The Labute approximate surface area is 148 Å². The van der Waals surface area contributed by atoms with Gasteiger partial charge in [0.2, 0.25) is 0 Å². The lowest BCUT2D eigenvalue weighted by molar-refractivity contribution is -0.220. The zero-order valence-electron chi connectivity index (χ0n) is 14.7. The van der Waals surface area contributed by atoms with Crippen LogP contribution in [-0.2, 0) is 25.6 Å². The molecule has 25 heavy (non-hydrogen) atoms. The molecule has 0 saturated carbocycles. The molecule has 0 N–H and O–H groups in total. The first-order chi connectivity index (χ1) is 12.2. The number of fused-ring (bicyclic) bond motifs is 2. The van der Waals surface area contributed by atoms with E-state index in [-0.39, 0.29) is 24.6 Å². The lowest BCUT2D eigenvalue weighted by atomic mass is 10.0. The summed E-state index contributed by atoms with van der Waals surface area (Å²) in [6, 6.07) is 10.9. The molecule has 2 aromatic rings. The molecule has 2 heterocycles. The SMILES string of the molecule is C=C[C@H]1O[C@@H]2OCCO[C@@H]2[C@H]1OCc1cc2ccc(C)cc2cc1C. The van der Waals surface area contributed by atoms with Gasteiger partial charge in [-0.1, -0.05) is 35.9 Å². The highest BCUT2D eigenvalue weighted by atomic mass is 16.7. The van der Waals surface area contributed by atoms with Crippen LogP contribution in [0.5, 0.6) is 0 Å². The monoisotopic (exact) mass is 340 g/mol. The molecule has 2 aliphatic heterocycles. The smallest absolute Gasteiger partial charge is 0.187 e. The average Bonchev–Trinajstić information content (AvgIpc) is 2.98. The molecule has 4 nitrogen and oxygen atoms in total. The molecule has 4 heteroatoms. The maximum atomic E-state index is 6.21. The molecule has 2 fully saturated rings. The van der Waals surface area contributed by atoms with Gasteiger partial charge in [0, 0.05) is 0 Å². The Balaban J connectivity index is 1.54. The van der Waals surface area contributed by atoms with Crippen molar-refractivity contribution >= 4 is 10.8 Å². The summed E-state index contributed by atoms with van der Waals surface area (Å²) < 4.78 is 23.5. The molecule has 2 aromatic carbocycles. The summed E-state index contributed by atoms with van der Waals surface area (Å²) in [5.41, 5.74) is 3.68. The van der Waals surface area contributed by atoms with Crippen LogP contribution in [0.2, 0.25) is 0 Å². The Bertz CT molecular complexity index is 785. The van der Waals surface area contributed by atoms with E-state index in [9.17, 15) is 0 Å². The normalized spacial score (nSPS) is 28.9. The van der Waals surface area contributed by atoms with Crippen molar-refractivity contribution in [1.29, 1.82) is 0 Å². The highest BCUT2D eigenvalue weighted by molar-refractivity contribution is 5.84. The number of benzene rings is 2. The Kier molecular flexibility index (Phi) is 4.61. The van der Waals surface area contributed by atoms with E-state index in [0.29, 0.717) is 19.8 Å². The Morgan fingerprint density at radius 2 is 1.96 bits per heavy atom. The Morgan fingerprint density at radius 1 is 1.12 bits per heavy atom. The van der Waals surface area contributed by atoms with Crippen molar-refractivity contribution < 1.29 is 18.9 Å². The maximum absolute atomic E-state index is 6.21. The first-order valence-corrected chi connectivity index (χ1v) is 8.78. The minimum absolute atomic E-state index is 0.194. The second kappa shape index (κ2) is 6.89. The largest absolute Gasteiger partial charge is 0.368 e. The van der Waals surface area contributed by atoms with Gasteiger partial charge >= 0.3 is 0 Å². The van der Waals surface area contributed by atoms with Gasteiger partial charge in [-0.25, -0.2) is 0 Å². The Hall–Kier alpha value is -1.72. The maximum Gasteiger partial charge on any atom is 0.187 e. The highest BCUT2D eigenvalue weighted by Gasteiger charge is 2.47. The number of hydrogen-bond acceptors (Lipinski definition) is 4. The molecule has 4 rings (SSSR count). The van der Waals surface area contributed by atoms with E-state index in [1.807, 2.05) is 0 Å². The lowest BCUT2D eigenvalue weighted by Gasteiger charge is -2.28. The zero-order valence-corrected chi connectivity index (χ0v) is 14.7. The fraction of sp³-hybridized carbons (Fsp3) is 0.429. The minimum Gasteiger partial charge on any atom is -0.368 e. The topological polar surface area (TPSA) is 36.9 Å². The molecule has 0 radical (unpaired) electrons. The van der Waals surface area contributed by atoms with Crippen LogP contribution in [0.15, 0.2) is 43.0 Å². The van der Waals surface area contributed by atoms with E-state index in [2.05, 4.69) is 50.8 Å². The van der Waals surface area contributed by atoms with E-state index >= 15 is 0 Å². The second-order valence-electron chi connectivity index (χ2n) is 6.82. The molecule has 0 unspecified atom stereocenters. The van der Waals surface area contributed by atoms with E-state index in [4.69, 9.17) is 18.9 Å². The van der Waals surface area contributed by atoms with Crippen LogP contribution >= 0.6 is 0 Å². The van der Waals surface area contributed by atoms with Crippen LogP contribution < -0.4 is 0 Å². The number of hydrogen-bond donors (Lipinski definition) is 0. The van der Waals surface area contributed by atoms with E-state index in [0.717, 1.165) is 0 Å². The molecule has 0 spiro atoms. The third-order valence-corrected chi connectivity index (χ3v) is 5.00. The van der Waals surface area contributed by atoms with Crippen LogP contribution in [0.3, 0.4) is 0 Å². The number of rotatable bonds is 4. The summed E-state index contributed by atoms with van der Waals surface area (Å²) >= 11 is 0. The molecule has 2 aliphatic rings. The fourth-order valence-electron chi connectivity index (χ4n) is 3.61. The zero-order chi connectivity index (χ0) is 17.4. The summed E-state index contributed by atoms with van der Waals surface area (Å²) in [5.74, 6) is 0. The van der Waals surface area contributed by atoms with Crippen molar-refractivity contribution in [2.24, 2.45) is 0 Å². The molecule has 2 saturated heterocycles. The van der Waals surface area contributed by atoms with Crippen LogP contribution in [0.1, 0.15) is 16.7 Å². The van der Waals surface area contributed by atoms with Gasteiger partial charge in [-0.3, -0.25) is 0 Å². The Morgan fingerprint density at radius 3 is 2.80 bits per heavy atom. The first kappa shape index (κ1) is 16.7. The number of aryl methyl sites for hydroxylation is 2. The van der Waals surface area contributed by atoms with Crippen LogP contribution in [0.4, 0.5) is 0 Å². The predicted octanol–water partition coefficient (Wildman–Crippen LogP) is 3.67. The van der Waals surface area contributed by atoms with Crippen molar-refractivity contribution in [3.63, 3.8) is 0 Å². The van der Waals surface area contributed by atoms with E-state index in [1.54, 1.807) is 6.08 Å². The lowest BCUT2D eigenvalue weighted by Crippen LogP contribution is -2.42. The molecule has 132 valence electrons. The third-order valence-electron chi connectivity index (χ3n) is 5.00. The van der Waals surface area contributed by atoms with Gasteiger partial charge in [-0.15, -0.1) is 6.58 Å². The van der Waals surface area contributed by atoms with Crippen LogP contribution in [0.25, 0.3) is 10.8 Å². The van der Waals surface area contributed by atoms with Crippen molar-refractivity contribution in [3.05, 3.63) is 59.7 Å². The predicted molar refractivity (Wildman–Crippen MR) is 96.5 cm³/mol. The van der Waals surface area contributed by atoms with Crippen molar-refractivity contribution in [3.8, 4) is 0 Å². The molecule has 0 aliphatic carbocycles. The summed E-state index contributed by atoms with van der Waals surface area (Å²) in [5, 5.41) is 2.49. The molecule has 0 amide bonds. The van der Waals surface area contributed by atoms with Crippen molar-refractivity contribution in [1.82, 2.24) is 0 Å². The average molecular weight is 340 g/mol. The standard InChI is InChI=1S/C21H24O4/c1-4-18-19(20-21(25-18)23-8-7-22-20)24-12-17-11-15-6-5-13(2)9-16(15)10-14(17)3/h4-6,9-11,18-21H,1,7-8,12H2,2-3H3/t18-,19+,20-,21+/m1/s1. The van der Waals surface area contributed by atoms with E-state index in [1.165, 1.54) is 27.5 Å². The van der Waals surface area contributed by atoms with Gasteiger partial charge in [-0.05, 0) is 41.8 Å². The van der Waals surface area contributed by atoms with Crippen LogP contribution in [-0.4, -0.2) is 37.8 Å². The summed E-state index contributed by atoms with van der Waals surface area (Å²) in [6.07, 6.45) is 0.807. The van der Waals surface area contributed by atoms with Gasteiger partial charge in [0.1, 0.15) is 18.3 Å². The molecular formula is C21H24O4. The molecule has 0 bridgehead atoms.